The van der Waals surface area contributed by atoms with Gasteiger partial charge in [-0.1, -0.05) is 6.92 Å². The van der Waals surface area contributed by atoms with Gasteiger partial charge < -0.3 is 15.0 Å². The van der Waals surface area contributed by atoms with Crippen LogP contribution in [0.2, 0.25) is 0 Å². The quantitative estimate of drug-likeness (QED) is 0.569. The lowest BCUT2D eigenvalue weighted by atomic mass is 9.98. The number of Topliss-reactive ketones (excluding diaryl/α,β-unsaturated/α-hetero) is 1. The van der Waals surface area contributed by atoms with Gasteiger partial charge in [-0.25, -0.2) is 9.50 Å². The number of hydrogen-bond donors (Lipinski definition) is 1. The molecule has 1 atom stereocenters. The normalized spacial score (nSPS) is 21.9. The molecule has 3 aliphatic rings. The number of nitrogens with one attached hydrogen (secondary N) is 1. The highest BCUT2D eigenvalue weighted by Crippen LogP contribution is 2.42. The summed E-state index contributed by atoms with van der Waals surface area (Å²) >= 11 is 0. The summed E-state index contributed by atoms with van der Waals surface area (Å²) in [5.74, 6) is 1.01. The van der Waals surface area contributed by atoms with Crippen LogP contribution < -0.4 is 15.0 Å². The van der Waals surface area contributed by atoms with Crippen LogP contribution in [0.25, 0.3) is 5.65 Å². The van der Waals surface area contributed by atoms with Crippen molar-refractivity contribution >= 4 is 28.7 Å². The fraction of sp³-hybridized carbons (Fsp3) is 0.500. The maximum absolute atomic E-state index is 13.4. The third-order valence-corrected chi connectivity index (χ3v) is 7.99. The minimum Gasteiger partial charge on any atom is -0.487 e. The monoisotopic (exact) mass is 502 g/mol. The van der Waals surface area contributed by atoms with Crippen molar-refractivity contribution in [2.24, 2.45) is 0 Å². The van der Waals surface area contributed by atoms with Crippen molar-refractivity contribution in [3.8, 4) is 5.75 Å². The summed E-state index contributed by atoms with van der Waals surface area (Å²) in [6, 6.07) is 6.72. The van der Waals surface area contributed by atoms with Gasteiger partial charge in [0.25, 0.3) is 5.91 Å². The zero-order valence-corrected chi connectivity index (χ0v) is 21.7. The number of carbonyl (C=O) groups excluding carboxylic acids is 2. The van der Waals surface area contributed by atoms with E-state index in [4.69, 9.17) is 4.74 Å². The Bertz CT molecular complexity index is 1360. The van der Waals surface area contributed by atoms with Crippen molar-refractivity contribution in [2.45, 2.75) is 70.6 Å². The van der Waals surface area contributed by atoms with Crippen molar-refractivity contribution < 1.29 is 14.3 Å². The van der Waals surface area contributed by atoms with E-state index in [2.05, 4.69) is 58.1 Å². The van der Waals surface area contributed by atoms with Crippen molar-refractivity contribution in [3.05, 3.63) is 47.9 Å². The van der Waals surface area contributed by atoms with Gasteiger partial charge in [-0.2, -0.15) is 5.10 Å². The van der Waals surface area contributed by atoms with Crippen LogP contribution in [0.5, 0.6) is 5.75 Å². The third-order valence-electron chi connectivity index (χ3n) is 7.99. The van der Waals surface area contributed by atoms with Crippen LogP contribution in [0.1, 0.15) is 62.4 Å². The lowest BCUT2D eigenvalue weighted by Crippen LogP contribution is -2.47. The van der Waals surface area contributed by atoms with Crippen molar-refractivity contribution in [1.29, 1.82) is 0 Å². The Labute approximate surface area is 216 Å². The fourth-order valence-corrected chi connectivity index (χ4v) is 6.20. The van der Waals surface area contributed by atoms with Gasteiger partial charge in [0.15, 0.2) is 5.65 Å². The number of ketones is 1. The molecule has 3 aromatic rings. The molecular weight excluding hydrogens is 468 g/mol. The zero-order chi connectivity index (χ0) is 25.7. The largest absolute Gasteiger partial charge is 0.487 e. The van der Waals surface area contributed by atoms with E-state index < -0.39 is 0 Å². The molecule has 5 heterocycles. The number of ether oxygens (including phenoxy) is 1. The predicted octanol–water partition coefficient (Wildman–Crippen LogP) is 3.72. The molecule has 2 fully saturated rings. The van der Waals surface area contributed by atoms with Crippen molar-refractivity contribution in [2.75, 3.05) is 29.9 Å². The molecule has 0 saturated carbocycles. The number of fused-ring (bicyclic) bond motifs is 2. The van der Waals surface area contributed by atoms with Gasteiger partial charge in [-0.3, -0.25) is 14.5 Å². The number of benzene rings is 1. The average molecular weight is 503 g/mol. The molecular formula is C28H34N6O3. The minimum absolute atomic E-state index is 0.232. The molecule has 1 amide bonds. The highest BCUT2D eigenvalue weighted by molar-refractivity contribution is 6.09. The maximum Gasteiger partial charge on any atom is 0.261 e. The minimum atomic E-state index is -0.279. The van der Waals surface area contributed by atoms with E-state index in [9.17, 15) is 9.59 Å². The van der Waals surface area contributed by atoms with Gasteiger partial charge in [0.05, 0.1) is 24.1 Å². The van der Waals surface area contributed by atoms with Crippen LogP contribution in [0.4, 0.5) is 11.4 Å². The summed E-state index contributed by atoms with van der Waals surface area (Å²) in [7, 11) is 0. The van der Waals surface area contributed by atoms with Crippen LogP contribution in [0.3, 0.4) is 0 Å². The summed E-state index contributed by atoms with van der Waals surface area (Å²) in [5, 5.41) is 7.43. The molecule has 6 rings (SSSR count). The lowest BCUT2D eigenvalue weighted by molar-refractivity contribution is -0.117. The molecule has 0 radical (unpaired) electrons. The van der Waals surface area contributed by atoms with Gasteiger partial charge in [0, 0.05) is 62.0 Å². The van der Waals surface area contributed by atoms with E-state index in [1.54, 1.807) is 29.2 Å². The zero-order valence-electron chi connectivity index (χ0n) is 21.7. The Balaban J connectivity index is 1.26. The van der Waals surface area contributed by atoms with Gasteiger partial charge in [0.1, 0.15) is 22.7 Å². The lowest BCUT2D eigenvalue weighted by Gasteiger charge is -2.40. The molecule has 1 N–H and O–H groups in total. The van der Waals surface area contributed by atoms with Crippen LogP contribution >= 0.6 is 0 Å². The summed E-state index contributed by atoms with van der Waals surface area (Å²) in [6.07, 6.45) is 9.45. The van der Waals surface area contributed by atoms with Gasteiger partial charge in [-0.15, -0.1) is 0 Å². The molecule has 9 heteroatoms. The van der Waals surface area contributed by atoms with Gasteiger partial charge in [0.2, 0.25) is 0 Å². The van der Waals surface area contributed by atoms with E-state index in [1.807, 2.05) is 0 Å². The van der Waals surface area contributed by atoms with Crippen LogP contribution in [0, 0.1) is 0 Å². The summed E-state index contributed by atoms with van der Waals surface area (Å²) < 4.78 is 7.85. The van der Waals surface area contributed by atoms with E-state index >= 15 is 0 Å². The Hall–Kier alpha value is -3.46. The number of anilines is 2. The summed E-state index contributed by atoms with van der Waals surface area (Å²) in [4.78, 5) is 34.6. The average Bonchev–Trinajstić information content (AvgIpc) is 3.56. The molecule has 2 aromatic heterocycles. The van der Waals surface area contributed by atoms with Crippen LogP contribution in [0.15, 0.2) is 36.8 Å². The highest BCUT2D eigenvalue weighted by atomic mass is 16.5. The molecule has 0 unspecified atom stereocenters. The predicted molar refractivity (Wildman–Crippen MR) is 141 cm³/mol. The number of hydrogen-bond acceptors (Lipinski definition) is 7. The van der Waals surface area contributed by atoms with Crippen LogP contribution in [-0.2, 0) is 11.2 Å². The number of nitrogens with zero attached hydrogens (tertiary/aromatic N) is 5. The molecule has 3 aliphatic heterocycles. The first-order valence-corrected chi connectivity index (χ1v) is 13.3. The van der Waals surface area contributed by atoms with E-state index in [0.717, 1.165) is 61.5 Å². The summed E-state index contributed by atoms with van der Waals surface area (Å²) in [5.41, 5.74) is 3.53. The topological polar surface area (TPSA) is 92.1 Å². The Morgan fingerprint density at radius 2 is 2.05 bits per heavy atom. The van der Waals surface area contributed by atoms with Crippen molar-refractivity contribution in [1.82, 2.24) is 19.5 Å². The highest BCUT2D eigenvalue weighted by Gasteiger charge is 2.37. The van der Waals surface area contributed by atoms with Gasteiger partial charge in [-0.05, 0) is 45.2 Å². The standard InChI is InChI=1S/C28H34N6O3/c1-4-19-13-21(35)17-33(19)20-6-10-32(11-7-20)24-14-25-18(15-28(2,3)37-25)12-23(24)31-27(36)22-16-30-34-9-5-8-29-26(22)34/h5,8-9,12,14,16,19-20H,4,6-7,10-11,13,15,17H2,1-3H3,(H,31,36)/t19-/m1/s1. The molecule has 194 valence electrons. The number of amides is 1. The van der Waals surface area contributed by atoms with E-state index in [1.165, 1.54) is 0 Å². The Morgan fingerprint density at radius 3 is 2.84 bits per heavy atom. The Kier molecular flexibility index (Phi) is 5.90. The second-order valence-corrected chi connectivity index (χ2v) is 11.1. The maximum atomic E-state index is 13.4. The van der Waals surface area contributed by atoms with Crippen molar-refractivity contribution in [3.63, 3.8) is 0 Å². The number of rotatable bonds is 5. The molecule has 0 aliphatic carbocycles. The van der Waals surface area contributed by atoms with E-state index in [-0.39, 0.29) is 11.5 Å². The van der Waals surface area contributed by atoms with Gasteiger partial charge >= 0.3 is 0 Å². The smallest absolute Gasteiger partial charge is 0.261 e. The molecule has 37 heavy (non-hydrogen) atoms. The first kappa shape index (κ1) is 23.9. The molecule has 9 nitrogen and oxygen atoms in total. The first-order valence-electron chi connectivity index (χ1n) is 13.3. The third kappa shape index (κ3) is 4.45. The second kappa shape index (κ2) is 9.13. The summed E-state index contributed by atoms with van der Waals surface area (Å²) in [6.45, 7) is 8.64. The number of likely N-dealkylation sites (tertiary alicyclic amines) is 1. The fourth-order valence-electron chi connectivity index (χ4n) is 6.20. The second-order valence-electron chi connectivity index (χ2n) is 11.1. The first-order chi connectivity index (χ1) is 17.8. The Morgan fingerprint density at radius 1 is 1.24 bits per heavy atom. The van der Waals surface area contributed by atoms with E-state index in [0.29, 0.717) is 42.0 Å². The number of piperidine rings is 1. The van der Waals surface area contributed by atoms with Crippen LogP contribution in [-0.4, -0.2) is 68.5 Å². The molecule has 0 spiro atoms. The molecule has 0 bridgehead atoms. The SMILES string of the molecule is CC[C@@H]1CC(=O)CN1C1CCN(c2cc3c(cc2NC(=O)c2cnn4cccnc24)CC(C)(C)O3)CC1. The molecule has 1 aromatic carbocycles. The number of aromatic nitrogens is 3. The number of carbonyl (C=O) groups is 2. The molecule has 2 saturated heterocycles.